The molecule has 0 bridgehead atoms. The summed E-state index contributed by atoms with van der Waals surface area (Å²) in [5.41, 5.74) is 3.48. The van der Waals surface area contributed by atoms with Crippen LogP contribution in [0.1, 0.15) is 41.3 Å². The maximum atomic E-state index is 13.5. The van der Waals surface area contributed by atoms with Gasteiger partial charge in [-0.2, -0.15) is 0 Å². The molecule has 0 saturated carbocycles. The number of aromatic nitrogens is 2. The van der Waals surface area contributed by atoms with Crippen LogP contribution in [-0.2, 0) is 22.8 Å². The Balaban J connectivity index is 1.38. The molecule has 2 aromatic rings. The summed E-state index contributed by atoms with van der Waals surface area (Å²) < 4.78 is 39.2. The second kappa shape index (κ2) is 7.25. The van der Waals surface area contributed by atoms with Gasteiger partial charge >= 0.3 is 0 Å². The van der Waals surface area contributed by atoms with Crippen LogP contribution in [0.15, 0.2) is 28.0 Å². The van der Waals surface area contributed by atoms with Crippen LogP contribution in [0.5, 0.6) is 0 Å². The molecule has 1 fully saturated rings. The Kier molecular flexibility index (Phi) is 4.92. The van der Waals surface area contributed by atoms with Crippen LogP contribution in [0.2, 0.25) is 0 Å². The first-order valence-corrected chi connectivity index (χ1v) is 11.1. The number of hydrogen-bond donors (Lipinski definition) is 2. The van der Waals surface area contributed by atoms with Crippen molar-refractivity contribution in [2.24, 2.45) is 11.1 Å². The van der Waals surface area contributed by atoms with Crippen molar-refractivity contribution in [1.29, 1.82) is 4.78 Å². The lowest BCUT2D eigenvalue weighted by molar-refractivity contribution is 0.196. The fourth-order valence-corrected chi connectivity index (χ4v) is 4.89. The third kappa shape index (κ3) is 3.66. The lowest BCUT2D eigenvalue weighted by atomic mass is 9.74. The molecule has 1 saturated heterocycles. The molecule has 2 heterocycles. The highest BCUT2D eigenvalue weighted by Gasteiger charge is 2.33. The van der Waals surface area contributed by atoms with Gasteiger partial charge in [0.1, 0.15) is 27.1 Å². The minimum atomic E-state index is -2.63. The summed E-state index contributed by atoms with van der Waals surface area (Å²) in [6, 6.07) is 4.77. The van der Waals surface area contributed by atoms with Gasteiger partial charge in [-0.15, -0.1) is 0 Å². The lowest BCUT2D eigenvalue weighted by Gasteiger charge is -2.38. The fraction of sp³-hybridized carbons (Fsp3) is 0.500. The first kappa shape index (κ1) is 19.0. The molecule has 2 N–H and O–H groups in total. The predicted molar refractivity (Wildman–Crippen MR) is 100 cm³/mol. The van der Waals surface area contributed by atoms with E-state index >= 15 is 0 Å². The largest absolute Gasteiger partial charge is 0.411 e. The summed E-state index contributed by atoms with van der Waals surface area (Å²) in [4.78, 5) is 0. The molecular weight excluding hydrogens is 385 g/mol. The number of hydrogen-bond acceptors (Lipinski definition) is 7. The molecule has 0 radical (unpaired) electrons. The van der Waals surface area contributed by atoms with Gasteiger partial charge in [-0.05, 0) is 59.5 Å². The topological polar surface area (TPSA) is 116 Å². The van der Waals surface area contributed by atoms with Crippen LogP contribution in [-0.4, -0.2) is 49.1 Å². The number of fused-ring (bicyclic) bond motifs is 1. The van der Waals surface area contributed by atoms with Crippen LogP contribution in [0.3, 0.4) is 0 Å². The van der Waals surface area contributed by atoms with E-state index in [-0.39, 0.29) is 11.7 Å². The van der Waals surface area contributed by atoms with Gasteiger partial charge in [-0.3, -0.25) is 0 Å². The van der Waals surface area contributed by atoms with E-state index in [0.717, 1.165) is 24.0 Å². The van der Waals surface area contributed by atoms with E-state index in [4.69, 9.17) is 9.41 Å². The van der Waals surface area contributed by atoms with Gasteiger partial charge < -0.3 is 5.21 Å². The van der Waals surface area contributed by atoms with E-state index < -0.39 is 9.92 Å². The summed E-state index contributed by atoms with van der Waals surface area (Å²) in [7, 11) is -2.63. The van der Waals surface area contributed by atoms with Gasteiger partial charge in [0, 0.05) is 25.8 Å². The molecule has 10 heteroatoms. The Labute approximate surface area is 162 Å². The SMILES string of the molecule is CS(=N)(=O)N1CC(CCc2nonc2/C(C[C@@H]2Cc3ccc(F)cc32)=N\O)C1. The van der Waals surface area contributed by atoms with Crippen molar-refractivity contribution in [3.05, 3.63) is 46.5 Å². The number of nitrogens with one attached hydrogen (secondary N) is 1. The van der Waals surface area contributed by atoms with Crippen molar-refractivity contribution in [3.8, 4) is 0 Å². The molecule has 1 aromatic carbocycles. The zero-order valence-electron chi connectivity index (χ0n) is 15.5. The average Bonchev–Trinajstić information content (AvgIpc) is 3.04. The minimum Gasteiger partial charge on any atom is -0.411 e. The first-order chi connectivity index (χ1) is 13.3. The van der Waals surface area contributed by atoms with Gasteiger partial charge in [-0.25, -0.2) is 22.3 Å². The zero-order chi connectivity index (χ0) is 19.9. The van der Waals surface area contributed by atoms with Crippen LogP contribution >= 0.6 is 0 Å². The minimum absolute atomic E-state index is 0.0797. The van der Waals surface area contributed by atoms with Gasteiger partial charge in [0.25, 0.3) is 0 Å². The summed E-state index contributed by atoms with van der Waals surface area (Å²) in [5, 5.41) is 20.8. The van der Waals surface area contributed by atoms with E-state index in [1.165, 1.54) is 18.4 Å². The van der Waals surface area contributed by atoms with E-state index in [1.54, 1.807) is 10.4 Å². The standard InChI is InChI=1S/C18H22FN5O3S/c1-28(20,26)24-9-11(10-24)2-5-16-18(23-27-22-16)17(21-25)7-13-6-12-3-4-14(19)8-15(12)13/h3-4,8,11,13,20,25H,2,5-7,9-10H2,1H3/b21-17-/t13-,28?/m0/s1. The molecule has 2 aliphatic rings. The smallest absolute Gasteiger partial charge is 0.155 e. The second-order valence-electron chi connectivity index (χ2n) is 7.61. The molecule has 1 aliphatic carbocycles. The molecule has 150 valence electrons. The van der Waals surface area contributed by atoms with Crippen molar-refractivity contribution < 1.29 is 18.4 Å². The zero-order valence-corrected chi connectivity index (χ0v) is 16.3. The molecule has 1 aromatic heterocycles. The number of oxime groups is 1. The monoisotopic (exact) mass is 407 g/mol. The number of nitrogens with zero attached hydrogens (tertiary/aromatic N) is 4. The Hall–Kier alpha value is -2.33. The van der Waals surface area contributed by atoms with Crippen LogP contribution in [0, 0.1) is 16.5 Å². The maximum absolute atomic E-state index is 13.5. The maximum Gasteiger partial charge on any atom is 0.155 e. The Morgan fingerprint density at radius 3 is 2.96 bits per heavy atom. The highest BCUT2D eigenvalue weighted by atomic mass is 32.2. The molecule has 1 unspecified atom stereocenters. The number of benzene rings is 1. The molecule has 28 heavy (non-hydrogen) atoms. The molecule has 0 spiro atoms. The van der Waals surface area contributed by atoms with E-state index in [2.05, 4.69) is 15.5 Å². The summed E-state index contributed by atoms with van der Waals surface area (Å²) in [5.74, 6) is 0.149. The van der Waals surface area contributed by atoms with Crippen molar-refractivity contribution in [3.63, 3.8) is 0 Å². The summed E-state index contributed by atoms with van der Waals surface area (Å²) >= 11 is 0. The summed E-state index contributed by atoms with van der Waals surface area (Å²) in [6.45, 7) is 1.26. The van der Waals surface area contributed by atoms with Crippen molar-refractivity contribution in [2.75, 3.05) is 19.3 Å². The van der Waals surface area contributed by atoms with Gasteiger partial charge in [-0.1, -0.05) is 16.4 Å². The summed E-state index contributed by atoms with van der Waals surface area (Å²) in [6.07, 6.45) is 4.05. The van der Waals surface area contributed by atoms with E-state index in [0.29, 0.717) is 48.9 Å². The quantitative estimate of drug-likeness (QED) is 0.416. The third-order valence-corrected chi connectivity index (χ3v) is 6.89. The van der Waals surface area contributed by atoms with Gasteiger partial charge in [0.05, 0.1) is 0 Å². The second-order valence-corrected chi connectivity index (χ2v) is 9.73. The Morgan fingerprint density at radius 2 is 2.25 bits per heavy atom. The Bertz CT molecular complexity index is 1010. The molecule has 4 rings (SSSR count). The Morgan fingerprint density at radius 1 is 1.46 bits per heavy atom. The normalized spacial score (nSPS) is 22.2. The van der Waals surface area contributed by atoms with Crippen LogP contribution in [0.4, 0.5) is 4.39 Å². The molecular formula is C18H22FN5O3S. The van der Waals surface area contributed by atoms with Crippen LogP contribution < -0.4 is 0 Å². The van der Waals surface area contributed by atoms with Crippen molar-refractivity contribution in [2.45, 2.75) is 31.6 Å². The van der Waals surface area contributed by atoms with Gasteiger partial charge in [0.2, 0.25) is 0 Å². The number of rotatable bonds is 7. The van der Waals surface area contributed by atoms with E-state index in [9.17, 15) is 13.8 Å². The van der Waals surface area contributed by atoms with Crippen LogP contribution in [0.25, 0.3) is 0 Å². The van der Waals surface area contributed by atoms with Crippen molar-refractivity contribution in [1.82, 2.24) is 14.6 Å². The van der Waals surface area contributed by atoms with E-state index in [1.807, 2.05) is 0 Å². The highest BCUT2D eigenvalue weighted by Crippen LogP contribution is 2.39. The number of aryl methyl sites for hydroxylation is 1. The average molecular weight is 407 g/mol. The molecule has 0 amide bonds. The highest BCUT2D eigenvalue weighted by molar-refractivity contribution is 7.89. The van der Waals surface area contributed by atoms with Crippen molar-refractivity contribution >= 4 is 15.6 Å². The predicted octanol–water partition coefficient (Wildman–Crippen LogP) is 2.57. The third-order valence-electron chi connectivity index (χ3n) is 5.61. The first-order valence-electron chi connectivity index (χ1n) is 9.15. The molecule has 8 nitrogen and oxygen atoms in total. The lowest BCUT2D eigenvalue weighted by Crippen LogP contribution is -2.49. The molecule has 1 aliphatic heterocycles. The molecule has 2 atom stereocenters. The fourth-order valence-electron chi connectivity index (χ4n) is 3.90. The van der Waals surface area contributed by atoms with Gasteiger partial charge in [0.15, 0.2) is 5.69 Å². The number of halogens is 1.